The minimum atomic E-state index is 0.305. The molecule has 2 N–H and O–H groups in total. The Labute approximate surface area is 102 Å². The molecular weight excluding hydrogens is 212 g/mol. The summed E-state index contributed by atoms with van der Waals surface area (Å²) in [6, 6.07) is 0.305. The molecule has 4 nitrogen and oxygen atoms in total. The van der Waals surface area contributed by atoms with E-state index in [0.29, 0.717) is 12.0 Å². The molecule has 17 heavy (non-hydrogen) atoms. The number of nitrogen functional groups attached to an aromatic ring is 1. The number of aromatic nitrogens is 3. The van der Waals surface area contributed by atoms with Crippen molar-refractivity contribution in [2.24, 2.45) is 0 Å². The van der Waals surface area contributed by atoms with Gasteiger partial charge in [-0.15, -0.1) is 0 Å². The quantitative estimate of drug-likeness (QED) is 0.865. The van der Waals surface area contributed by atoms with Gasteiger partial charge in [-0.3, -0.25) is 0 Å². The van der Waals surface area contributed by atoms with E-state index in [1.54, 1.807) is 0 Å². The number of fused-ring (bicyclic) bond motifs is 1. The molecule has 0 radical (unpaired) electrons. The van der Waals surface area contributed by atoms with Gasteiger partial charge in [-0.05, 0) is 26.7 Å². The standard InChI is InChI=1S/C13H20N4/c1-7(2)11-10-6-15-9(5)16-13(10)17(8(3)4)12(11)14/h6-8H,14H2,1-5H3. The lowest BCUT2D eigenvalue weighted by atomic mass is 10.0. The van der Waals surface area contributed by atoms with Crippen LogP contribution in [0.25, 0.3) is 11.0 Å². The fourth-order valence-corrected chi connectivity index (χ4v) is 2.34. The minimum absolute atomic E-state index is 0.305. The van der Waals surface area contributed by atoms with Gasteiger partial charge in [0.25, 0.3) is 0 Å². The first-order chi connectivity index (χ1) is 7.93. The molecule has 0 unspecified atom stereocenters. The normalized spacial score (nSPS) is 11.9. The Balaban J connectivity index is 2.88. The fraction of sp³-hybridized carbons (Fsp3) is 0.538. The van der Waals surface area contributed by atoms with Crippen LogP contribution in [-0.2, 0) is 0 Å². The molecule has 0 saturated heterocycles. The summed E-state index contributed by atoms with van der Waals surface area (Å²) in [6.07, 6.45) is 1.89. The predicted octanol–water partition coefficient (Wildman–Crippen LogP) is 3.03. The average molecular weight is 232 g/mol. The number of hydrogen-bond donors (Lipinski definition) is 1. The van der Waals surface area contributed by atoms with E-state index in [-0.39, 0.29) is 0 Å². The second kappa shape index (κ2) is 4.02. The number of rotatable bonds is 2. The molecule has 0 saturated carbocycles. The molecule has 0 aromatic carbocycles. The minimum Gasteiger partial charge on any atom is -0.385 e. The van der Waals surface area contributed by atoms with Crippen LogP contribution in [0.15, 0.2) is 6.20 Å². The van der Waals surface area contributed by atoms with E-state index in [2.05, 4.69) is 42.2 Å². The number of hydrogen-bond acceptors (Lipinski definition) is 3. The van der Waals surface area contributed by atoms with Gasteiger partial charge >= 0.3 is 0 Å². The summed E-state index contributed by atoms with van der Waals surface area (Å²) in [5.74, 6) is 1.99. The lowest BCUT2D eigenvalue weighted by Gasteiger charge is -2.12. The molecule has 0 atom stereocenters. The highest BCUT2D eigenvalue weighted by atomic mass is 15.1. The lowest BCUT2D eigenvalue weighted by molar-refractivity contribution is 0.622. The van der Waals surface area contributed by atoms with Gasteiger partial charge in [-0.25, -0.2) is 9.97 Å². The molecular formula is C13H20N4. The summed E-state index contributed by atoms with van der Waals surface area (Å²) in [6.45, 7) is 10.4. The largest absolute Gasteiger partial charge is 0.385 e. The van der Waals surface area contributed by atoms with E-state index in [4.69, 9.17) is 5.73 Å². The second-order valence-electron chi connectivity index (χ2n) is 5.07. The van der Waals surface area contributed by atoms with Crippen LogP contribution in [0.2, 0.25) is 0 Å². The molecule has 2 aromatic rings. The van der Waals surface area contributed by atoms with Gasteiger partial charge in [0.05, 0.1) is 0 Å². The molecule has 0 aliphatic heterocycles. The van der Waals surface area contributed by atoms with Crippen molar-refractivity contribution in [3.63, 3.8) is 0 Å². The second-order valence-corrected chi connectivity index (χ2v) is 5.07. The van der Waals surface area contributed by atoms with Crippen molar-refractivity contribution in [3.05, 3.63) is 17.6 Å². The van der Waals surface area contributed by atoms with E-state index in [1.165, 1.54) is 0 Å². The first kappa shape index (κ1) is 11.9. The zero-order valence-electron chi connectivity index (χ0n) is 11.2. The van der Waals surface area contributed by atoms with Crippen LogP contribution in [0.4, 0.5) is 5.82 Å². The summed E-state index contributed by atoms with van der Waals surface area (Å²) in [5.41, 5.74) is 8.38. The van der Waals surface area contributed by atoms with Gasteiger partial charge in [0.15, 0.2) is 0 Å². The zero-order chi connectivity index (χ0) is 12.7. The van der Waals surface area contributed by atoms with Gasteiger partial charge in [0.2, 0.25) is 0 Å². The third-order valence-electron chi connectivity index (χ3n) is 3.04. The van der Waals surface area contributed by atoms with Crippen molar-refractivity contribution in [1.82, 2.24) is 14.5 Å². The SMILES string of the molecule is Cc1ncc2c(C(C)C)c(N)n(C(C)C)c2n1. The molecule has 0 aliphatic carbocycles. The number of nitrogens with zero attached hydrogens (tertiary/aromatic N) is 3. The number of nitrogens with two attached hydrogens (primary N) is 1. The van der Waals surface area contributed by atoms with E-state index >= 15 is 0 Å². The molecule has 0 aliphatic rings. The lowest BCUT2D eigenvalue weighted by Crippen LogP contribution is -2.07. The van der Waals surface area contributed by atoms with E-state index in [9.17, 15) is 0 Å². The van der Waals surface area contributed by atoms with Crippen molar-refractivity contribution < 1.29 is 0 Å². The van der Waals surface area contributed by atoms with Crippen LogP contribution >= 0.6 is 0 Å². The Hall–Kier alpha value is -1.58. The Bertz CT molecular complexity index is 552. The average Bonchev–Trinajstić information content (AvgIpc) is 2.48. The highest BCUT2D eigenvalue weighted by Crippen LogP contribution is 2.34. The Morgan fingerprint density at radius 3 is 2.41 bits per heavy atom. The van der Waals surface area contributed by atoms with Crippen LogP contribution < -0.4 is 5.73 Å². The predicted molar refractivity (Wildman–Crippen MR) is 71.2 cm³/mol. The summed E-state index contributed by atoms with van der Waals surface area (Å²) in [7, 11) is 0. The highest BCUT2D eigenvalue weighted by Gasteiger charge is 2.20. The zero-order valence-corrected chi connectivity index (χ0v) is 11.2. The highest BCUT2D eigenvalue weighted by molar-refractivity contribution is 5.86. The van der Waals surface area contributed by atoms with Crippen molar-refractivity contribution >= 4 is 16.9 Å². The third kappa shape index (κ3) is 1.77. The van der Waals surface area contributed by atoms with Gasteiger partial charge < -0.3 is 10.3 Å². The smallest absolute Gasteiger partial charge is 0.145 e. The van der Waals surface area contributed by atoms with Crippen LogP contribution in [0.1, 0.15) is 51.0 Å². The van der Waals surface area contributed by atoms with E-state index < -0.39 is 0 Å². The molecule has 4 heteroatoms. The topological polar surface area (TPSA) is 56.7 Å². The van der Waals surface area contributed by atoms with Gasteiger partial charge in [-0.1, -0.05) is 13.8 Å². The monoisotopic (exact) mass is 232 g/mol. The van der Waals surface area contributed by atoms with Gasteiger partial charge in [-0.2, -0.15) is 0 Å². The van der Waals surface area contributed by atoms with Crippen LogP contribution in [0.5, 0.6) is 0 Å². The summed E-state index contributed by atoms with van der Waals surface area (Å²) < 4.78 is 2.10. The molecule has 0 fully saturated rings. The van der Waals surface area contributed by atoms with Crippen LogP contribution in [-0.4, -0.2) is 14.5 Å². The fourth-order valence-electron chi connectivity index (χ4n) is 2.34. The van der Waals surface area contributed by atoms with Crippen molar-refractivity contribution in [3.8, 4) is 0 Å². The van der Waals surface area contributed by atoms with Crippen molar-refractivity contribution in [1.29, 1.82) is 0 Å². The van der Waals surface area contributed by atoms with Crippen molar-refractivity contribution in [2.45, 2.75) is 46.6 Å². The summed E-state index contributed by atoms with van der Waals surface area (Å²) >= 11 is 0. The molecule has 2 heterocycles. The molecule has 0 bridgehead atoms. The number of anilines is 1. The molecule has 2 aromatic heterocycles. The summed E-state index contributed by atoms with van der Waals surface area (Å²) in [4.78, 5) is 8.82. The first-order valence-electron chi connectivity index (χ1n) is 6.06. The Morgan fingerprint density at radius 2 is 1.88 bits per heavy atom. The molecule has 0 spiro atoms. The van der Waals surface area contributed by atoms with Crippen LogP contribution in [0.3, 0.4) is 0 Å². The maximum atomic E-state index is 6.26. The number of aryl methyl sites for hydroxylation is 1. The first-order valence-corrected chi connectivity index (χ1v) is 6.06. The van der Waals surface area contributed by atoms with Gasteiger partial charge in [0.1, 0.15) is 17.3 Å². The maximum absolute atomic E-state index is 6.26. The summed E-state index contributed by atoms with van der Waals surface area (Å²) in [5, 5.41) is 1.08. The van der Waals surface area contributed by atoms with Gasteiger partial charge in [0, 0.05) is 23.2 Å². The molecule has 2 rings (SSSR count). The van der Waals surface area contributed by atoms with Crippen LogP contribution in [0, 0.1) is 6.92 Å². The molecule has 0 amide bonds. The van der Waals surface area contributed by atoms with Crippen molar-refractivity contribution in [2.75, 3.05) is 5.73 Å². The Kier molecular flexibility index (Phi) is 2.81. The molecule has 92 valence electrons. The third-order valence-corrected chi connectivity index (χ3v) is 3.04. The van der Waals surface area contributed by atoms with E-state index in [0.717, 1.165) is 28.2 Å². The van der Waals surface area contributed by atoms with E-state index in [1.807, 2.05) is 13.1 Å². The maximum Gasteiger partial charge on any atom is 0.145 e. The Morgan fingerprint density at radius 1 is 1.24 bits per heavy atom.